The van der Waals surface area contributed by atoms with Crippen LogP contribution < -0.4 is 5.32 Å². The van der Waals surface area contributed by atoms with Crippen molar-refractivity contribution in [2.24, 2.45) is 0 Å². The number of phenols is 1. The fraction of sp³-hybridized carbons (Fsp3) is 0.333. The smallest absolute Gasteiger partial charge is 0.225 e. The first-order valence-corrected chi connectivity index (χ1v) is 5.13. The molecule has 1 aromatic carbocycles. The Balaban J connectivity index is 2.59. The maximum Gasteiger partial charge on any atom is 0.225 e. The number of hydrogen-bond donors (Lipinski definition) is 2. The predicted molar refractivity (Wildman–Crippen MR) is 59.6 cm³/mol. The van der Waals surface area contributed by atoms with Crippen LogP contribution in [0.25, 0.3) is 0 Å². The molecule has 1 aromatic rings. The average molecular weight is 218 g/mol. The first-order chi connectivity index (χ1) is 7.67. The molecule has 4 nitrogen and oxygen atoms in total. The minimum Gasteiger partial charge on any atom is -0.508 e. The number of nitriles is 1. The van der Waals surface area contributed by atoms with Crippen molar-refractivity contribution < 1.29 is 9.90 Å². The SMILES string of the molecule is CCC(C#N)NC(=O)Cc1ccccc1O. The number of aromatic hydroxyl groups is 1. The molecule has 2 N–H and O–H groups in total. The maximum absolute atomic E-state index is 11.5. The molecule has 0 aliphatic rings. The molecule has 0 saturated heterocycles. The number of benzene rings is 1. The van der Waals surface area contributed by atoms with E-state index in [1.807, 2.05) is 13.0 Å². The van der Waals surface area contributed by atoms with Gasteiger partial charge in [-0.2, -0.15) is 5.26 Å². The molecule has 0 spiro atoms. The quantitative estimate of drug-likeness (QED) is 0.801. The standard InChI is InChI=1S/C12H14N2O2/c1-2-10(8-13)14-12(16)7-9-5-3-4-6-11(9)15/h3-6,10,15H,2,7H2,1H3,(H,14,16). The van der Waals surface area contributed by atoms with E-state index >= 15 is 0 Å². The largest absolute Gasteiger partial charge is 0.508 e. The Kier molecular flexibility index (Phi) is 4.34. The van der Waals surface area contributed by atoms with Gasteiger partial charge in [0.05, 0.1) is 12.5 Å². The van der Waals surface area contributed by atoms with Gasteiger partial charge in [0.25, 0.3) is 0 Å². The van der Waals surface area contributed by atoms with E-state index in [1.165, 1.54) is 6.07 Å². The Morgan fingerprint density at radius 3 is 2.81 bits per heavy atom. The second kappa shape index (κ2) is 5.76. The second-order valence-electron chi connectivity index (χ2n) is 3.46. The first kappa shape index (κ1) is 12.1. The molecule has 0 saturated carbocycles. The zero-order chi connectivity index (χ0) is 12.0. The van der Waals surface area contributed by atoms with Crippen molar-refractivity contribution in [1.82, 2.24) is 5.32 Å². The molecule has 0 aliphatic heterocycles. The highest BCUT2D eigenvalue weighted by Crippen LogP contribution is 2.15. The third kappa shape index (κ3) is 3.28. The predicted octanol–water partition coefficient (Wildman–Crippen LogP) is 1.35. The summed E-state index contributed by atoms with van der Waals surface area (Å²) in [6.07, 6.45) is 0.661. The molecule has 0 aromatic heterocycles. The number of amides is 1. The Morgan fingerprint density at radius 2 is 2.25 bits per heavy atom. The van der Waals surface area contributed by atoms with Gasteiger partial charge >= 0.3 is 0 Å². The van der Waals surface area contributed by atoms with Gasteiger partial charge in [-0.05, 0) is 12.5 Å². The van der Waals surface area contributed by atoms with E-state index in [9.17, 15) is 9.90 Å². The summed E-state index contributed by atoms with van der Waals surface area (Å²) in [5.74, 6) is -0.155. The van der Waals surface area contributed by atoms with E-state index < -0.39 is 6.04 Å². The number of carbonyl (C=O) groups excluding carboxylic acids is 1. The number of para-hydroxylation sites is 1. The molecule has 0 fully saturated rings. The Morgan fingerprint density at radius 1 is 1.56 bits per heavy atom. The first-order valence-electron chi connectivity index (χ1n) is 5.13. The van der Waals surface area contributed by atoms with Crippen molar-refractivity contribution in [2.45, 2.75) is 25.8 Å². The number of hydrogen-bond acceptors (Lipinski definition) is 3. The monoisotopic (exact) mass is 218 g/mol. The number of nitrogens with one attached hydrogen (secondary N) is 1. The van der Waals surface area contributed by atoms with Crippen LogP contribution in [-0.4, -0.2) is 17.1 Å². The number of carbonyl (C=O) groups is 1. The van der Waals surface area contributed by atoms with Gasteiger partial charge in [0.15, 0.2) is 0 Å². The second-order valence-corrected chi connectivity index (χ2v) is 3.46. The van der Waals surface area contributed by atoms with Crippen LogP contribution >= 0.6 is 0 Å². The number of rotatable bonds is 4. The Bertz CT molecular complexity index is 410. The lowest BCUT2D eigenvalue weighted by atomic mass is 10.1. The van der Waals surface area contributed by atoms with Crippen LogP contribution in [0.15, 0.2) is 24.3 Å². The van der Waals surface area contributed by atoms with Crippen molar-refractivity contribution >= 4 is 5.91 Å². The summed E-state index contributed by atoms with van der Waals surface area (Å²) in [6.45, 7) is 1.83. The normalized spacial score (nSPS) is 11.5. The Labute approximate surface area is 94.5 Å². The third-order valence-corrected chi connectivity index (χ3v) is 2.24. The van der Waals surface area contributed by atoms with E-state index in [0.29, 0.717) is 12.0 Å². The molecule has 84 valence electrons. The van der Waals surface area contributed by atoms with Gasteiger partial charge < -0.3 is 10.4 Å². The van der Waals surface area contributed by atoms with Gasteiger partial charge in [-0.1, -0.05) is 25.1 Å². The fourth-order valence-corrected chi connectivity index (χ4v) is 1.30. The van der Waals surface area contributed by atoms with E-state index in [4.69, 9.17) is 5.26 Å². The molecule has 1 rings (SSSR count). The zero-order valence-electron chi connectivity index (χ0n) is 9.10. The molecule has 0 bridgehead atoms. The van der Waals surface area contributed by atoms with Crippen LogP contribution in [0.4, 0.5) is 0 Å². The summed E-state index contributed by atoms with van der Waals surface area (Å²) in [4.78, 5) is 11.5. The van der Waals surface area contributed by atoms with Gasteiger partial charge in [0, 0.05) is 5.56 Å². The minimum atomic E-state index is -0.460. The van der Waals surface area contributed by atoms with Crippen LogP contribution in [0.5, 0.6) is 5.75 Å². The molecule has 1 amide bonds. The van der Waals surface area contributed by atoms with Crippen molar-refractivity contribution in [2.75, 3.05) is 0 Å². The summed E-state index contributed by atoms with van der Waals surface area (Å²) < 4.78 is 0. The van der Waals surface area contributed by atoms with Gasteiger partial charge in [-0.3, -0.25) is 4.79 Å². The van der Waals surface area contributed by atoms with E-state index in [2.05, 4.69) is 5.32 Å². The highest BCUT2D eigenvalue weighted by atomic mass is 16.3. The van der Waals surface area contributed by atoms with Crippen LogP contribution in [0.2, 0.25) is 0 Å². The molecule has 4 heteroatoms. The van der Waals surface area contributed by atoms with Crippen molar-refractivity contribution in [1.29, 1.82) is 5.26 Å². The summed E-state index contributed by atoms with van der Waals surface area (Å²) in [5, 5.41) is 20.7. The summed E-state index contributed by atoms with van der Waals surface area (Å²) in [5.41, 5.74) is 0.563. The molecular weight excluding hydrogens is 204 g/mol. The lowest BCUT2D eigenvalue weighted by molar-refractivity contribution is -0.120. The van der Waals surface area contributed by atoms with Crippen molar-refractivity contribution in [3.63, 3.8) is 0 Å². The van der Waals surface area contributed by atoms with Gasteiger partial charge in [-0.25, -0.2) is 0 Å². The van der Waals surface area contributed by atoms with Crippen molar-refractivity contribution in [3.8, 4) is 11.8 Å². The third-order valence-electron chi connectivity index (χ3n) is 2.24. The van der Waals surface area contributed by atoms with Gasteiger partial charge in [0.1, 0.15) is 11.8 Å². The lowest BCUT2D eigenvalue weighted by Gasteiger charge is -2.09. The van der Waals surface area contributed by atoms with Gasteiger partial charge in [-0.15, -0.1) is 0 Å². The summed E-state index contributed by atoms with van der Waals surface area (Å²) in [7, 11) is 0. The average Bonchev–Trinajstić information content (AvgIpc) is 2.29. The van der Waals surface area contributed by atoms with E-state index in [0.717, 1.165) is 0 Å². The van der Waals surface area contributed by atoms with Crippen LogP contribution in [0.1, 0.15) is 18.9 Å². The van der Waals surface area contributed by atoms with Crippen LogP contribution in [-0.2, 0) is 11.2 Å². The number of nitrogens with zero attached hydrogens (tertiary/aromatic N) is 1. The molecular formula is C12H14N2O2. The van der Waals surface area contributed by atoms with Crippen molar-refractivity contribution in [3.05, 3.63) is 29.8 Å². The van der Waals surface area contributed by atoms with E-state index in [-0.39, 0.29) is 18.1 Å². The summed E-state index contributed by atoms with van der Waals surface area (Å²) in [6, 6.07) is 8.19. The topological polar surface area (TPSA) is 73.1 Å². The molecule has 1 unspecified atom stereocenters. The Hall–Kier alpha value is -2.02. The maximum atomic E-state index is 11.5. The fourth-order valence-electron chi connectivity index (χ4n) is 1.30. The molecule has 0 heterocycles. The molecule has 16 heavy (non-hydrogen) atoms. The minimum absolute atomic E-state index is 0.0881. The molecule has 0 aliphatic carbocycles. The highest BCUT2D eigenvalue weighted by Gasteiger charge is 2.11. The number of phenolic OH excluding ortho intramolecular Hbond substituents is 1. The highest BCUT2D eigenvalue weighted by molar-refractivity contribution is 5.79. The molecule has 0 radical (unpaired) electrons. The van der Waals surface area contributed by atoms with E-state index in [1.54, 1.807) is 18.2 Å². The van der Waals surface area contributed by atoms with Crippen LogP contribution in [0, 0.1) is 11.3 Å². The zero-order valence-corrected chi connectivity index (χ0v) is 9.10. The lowest BCUT2D eigenvalue weighted by Crippen LogP contribution is -2.34. The van der Waals surface area contributed by atoms with Crippen LogP contribution in [0.3, 0.4) is 0 Å². The summed E-state index contributed by atoms with van der Waals surface area (Å²) >= 11 is 0. The van der Waals surface area contributed by atoms with Gasteiger partial charge in [0.2, 0.25) is 5.91 Å². The molecule has 1 atom stereocenters.